The molecule has 1 aliphatic carbocycles. The molecule has 0 aromatic heterocycles. The summed E-state index contributed by atoms with van der Waals surface area (Å²) in [7, 11) is 0. The summed E-state index contributed by atoms with van der Waals surface area (Å²) in [6.07, 6.45) is 9.29. The molecule has 0 amide bonds. The van der Waals surface area contributed by atoms with Crippen LogP contribution in [-0.4, -0.2) is 12.6 Å². The van der Waals surface area contributed by atoms with Crippen LogP contribution in [0.1, 0.15) is 32.6 Å². The summed E-state index contributed by atoms with van der Waals surface area (Å²) >= 11 is 0. The van der Waals surface area contributed by atoms with Crippen LogP contribution in [0, 0.1) is 5.92 Å². The van der Waals surface area contributed by atoms with Gasteiger partial charge in [-0.3, -0.25) is 0 Å². The average molecular weight is 192 g/mol. The number of hydrogen-bond donors (Lipinski definition) is 2. The zero-order valence-corrected chi connectivity index (χ0v) is 8.92. The summed E-state index contributed by atoms with van der Waals surface area (Å²) in [6, 6.07) is 0.631. The molecule has 1 unspecified atom stereocenters. The summed E-state index contributed by atoms with van der Waals surface area (Å²) < 4.78 is 0. The van der Waals surface area contributed by atoms with E-state index in [1.807, 2.05) is 0 Å². The van der Waals surface area contributed by atoms with E-state index in [1.165, 1.54) is 25.0 Å². The Kier molecular flexibility index (Phi) is 2.92. The van der Waals surface area contributed by atoms with E-state index in [1.54, 1.807) is 5.57 Å². The van der Waals surface area contributed by atoms with Crippen LogP contribution in [0.5, 0.6) is 0 Å². The Bertz CT molecular complexity index is 265. The summed E-state index contributed by atoms with van der Waals surface area (Å²) in [5, 5.41) is 3.61. The summed E-state index contributed by atoms with van der Waals surface area (Å²) in [5.74, 6) is 0.699. The first-order valence-corrected chi connectivity index (χ1v) is 5.73. The van der Waals surface area contributed by atoms with E-state index in [0.717, 1.165) is 13.0 Å². The standard InChI is InChI=1S/C12H20N2/c1-2-11-10(7-8-13)9-5-3-4-6-12(9)14-11/h4,6,10-11,14H,2-3,5,7-8,13H2,1H3/t10-,11?/m0/s1. The maximum atomic E-state index is 5.68. The number of allylic oxidation sites excluding steroid dienone is 2. The van der Waals surface area contributed by atoms with Crippen LogP contribution in [0.15, 0.2) is 23.4 Å². The molecular weight excluding hydrogens is 172 g/mol. The SMILES string of the molecule is CCC1NC2=C(CCC=C2)[C@@H]1CCN. The van der Waals surface area contributed by atoms with E-state index in [4.69, 9.17) is 5.73 Å². The second-order valence-electron chi connectivity index (χ2n) is 4.22. The number of nitrogens with two attached hydrogens (primary N) is 1. The van der Waals surface area contributed by atoms with Crippen LogP contribution in [0.2, 0.25) is 0 Å². The molecular formula is C12H20N2. The second-order valence-corrected chi connectivity index (χ2v) is 4.22. The van der Waals surface area contributed by atoms with Crippen molar-refractivity contribution in [1.29, 1.82) is 0 Å². The van der Waals surface area contributed by atoms with E-state index in [-0.39, 0.29) is 0 Å². The maximum absolute atomic E-state index is 5.68. The van der Waals surface area contributed by atoms with Crippen molar-refractivity contribution in [3.8, 4) is 0 Å². The van der Waals surface area contributed by atoms with Gasteiger partial charge < -0.3 is 11.1 Å². The molecule has 0 fully saturated rings. The molecule has 1 heterocycles. The number of rotatable bonds is 3. The molecule has 2 atom stereocenters. The summed E-state index contributed by atoms with van der Waals surface area (Å²) in [5.41, 5.74) is 8.70. The molecule has 3 N–H and O–H groups in total. The van der Waals surface area contributed by atoms with E-state index in [0.29, 0.717) is 12.0 Å². The molecule has 0 saturated heterocycles. The minimum absolute atomic E-state index is 0.631. The van der Waals surface area contributed by atoms with E-state index in [9.17, 15) is 0 Å². The second kappa shape index (κ2) is 4.18. The first-order valence-electron chi connectivity index (χ1n) is 5.73. The van der Waals surface area contributed by atoms with Crippen molar-refractivity contribution in [2.75, 3.05) is 6.54 Å². The lowest BCUT2D eigenvalue weighted by Crippen LogP contribution is -2.29. The Labute approximate surface area is 86.3 Å². The summed E-state index contributed by atoms with van der Waals surface area (Å²) in [6.45, 7) is 3.06. The molecule has 2 heteroatoms. The molecule has 14 heavy (non-hydrogen) atoms. The van der Waals surface area contributed by atoms with Crippen molar-refractivity contribution in [3.05, 3.63) is 23.4 Å². The number of nitrogens with one attached hydrogen (secondary N) is 1. The van der Waals surface area contributed by atoms with Gasteiger partial charge >= 0.3 is 0 Å². The quantitative estimate of drug-likeness (QED) is 0.717. The van der Waals surface area contributed by atoms with Crippen LogP contribution < -0.4 is 11.1 Å². The van der Waals surface area contributed by atoms with Crippen molar-refractivity contribution in [2.45, 2.75) is 38.6 Å². The van der Waals surface area contributed by atoms with Gasteiger partial charge in [-0.2, -0.15) is 0 Å². The van der Waals surface area contributed by atoms with Crippen LogP contribution in [0.4, 0.5) is 0 Å². The fraction of sp³-hybridized carbons (Fsp3) is 0.667. The van der Waals surface area contributed by atoms with Gasteiger partial charge in [0.25, 0.3) is 0 Å². The van der Waals surface area contributed by atoms with Crippen LogP contribution in [0.3, 0.4) is 0 Å². The largest absolute Gasteiger partial charge is 0.382 e. The smallest absolute Gasteiger partial charge is 0.0334 e. The third-order valence-electron chi connectivity index (χ3n) is 3.40. The third-order valence-corrected chi connectivity index (χ3v) is 3.40. The molecule has 0 spiro atoms. The Balaban J connectivity index is 2.16. The van der Waals surface area contributed by atoms with E-state index in [2.05, 4.69) is 24.4 Å². The third kappa shape index (κ3) is 1.59. The van der Waals surface area contributed by atoms with Crippen molar-refractivity contribution in [1.82, 2.24) is 5.32 Å². The van der Waals surface area contributed by atoms with Gasteiger partial charge in [-0.1, -0.05) is 13.0 Å². The predicted octanol–water partition coefficient (Wildman–Crippen LogP) is 1.94. The zero-order chi connectivity index (χ0) is 9.97. The fourth-order valence-electron chi connectivity index (χ4n) is 2.69. The van der Waals surface area contributed by atoms with Gasteiger partial charge in [0.1, 0.15) is 0 Å². The Morgan fingerprint density at radius 3 is 3.14 bits per heavy atom. The Morgan fingerprint density at radius 1 is 1.57 bits per heavy atom. The summed E-state index contributed by atoms with van der Waals surface area (Å²) in [4.78, 5) is 0. The highest BCUT2D eigenvalue weighted by Crippen LogP contribution is 2.35. The first kappa shape index (κ1) is 9.78. The molecule has 2 aliphatic rings. The lowest BCUT2D eigenvalue weighted by Gasteiger charge is -2.20. The zero-order valence-electron chi connectivity index (χ0n) is 8.92. The van der Waals surface area contributed by atoms with Crippen LogP contribution in [0.25, 0.3) is 0 Å². The Morgan fingerprint density at radius 2 is 2.43 bits per heavy atom. The lowest BCUT2D eigenvalue weighted by molar-refractivity contribution is 0.428. The molecule has 1 aliphatic heterocycles. The van der Waals surface area contributed by atoms with Gasteiger partial charge in [-0.15, -0.1) is 0 Å². The highest BCUT2D eigenvalue weighted by Gasteiger charge is 2.31. The fourth-order valence-corrected chi connectivity index (χ4v) is 2.69. The molecule has 2 rings (SSSR count). The molecule has 0 bridgehead atoms. The maximum Gasteiger partial charge on any atom is 0.0334 e. The molecule has 0 aromatic carbocycles. The predicted molar refractivity (Wildman–Crippen MR) is 59.8 cm³/mol. The normalized spacial score (nSPS) is 30.4. The van der Waals surface area contributed by atoms with Crippen molar-refractivity contribution in [3.63, 3.8) is 0 Å². The molecule has 78 valence electrons. The van der Waals surface area contributed by atoms with Gasteiger partial charge in [0, 0.05) is 17.7 Å². The topological polar surface area (TPSA) is 38.0 Å². The first-order chi connectivity index (χ1) is 6.86. The van der Waals surface area contributed by atoms with Crippen LogP contribution in [-0.2, 0) is 0 Å². The van der Waals surface area contributed by atoms with Gasteiger partial charge in [0.15, 0.2) is 0 Å². The van der Waals surface area contributed by atoms with E-state index < -0.39 is 0 Å². The van der Waals surface area contributed by atoms with Gasteiger partial charge in [-0.25, -0.2) is 0 Å². The highest BCUT2D eigenvalue weighted by molar-refractivity contribution is 5.35. The average Bonchev–Trinajstić information content (AvgIpc) is 2.58. The molecule has 2 nitrogen and oxygen atoms in total. The molecule has 0 aromatic rings. The van der Waals surface area contributed by atoms with Gasteiger partial charge in [0.2, 0.25) is 0 Å². The minimum atomic E-state index is 0.631. The van der Waals surface area contributed by atoms with Crippen molar-refractivity contribution < 1.29 is 0 Å². The molecule has 0 radical (unpaired) electrons. The van der Waals surface area contributed by atoms with Gasteiger partial charge in [0.05, 0.1) is 0 Å². The van der Waals surface area contributed by atoms with Crippen LogP contribution >= 0.6 is 0 Å². The highest BCUT2D eigenvalue weighted by atomic mass is 15.0. The van der Waals surface area contributed by atoms with Crippen molar-refractivity contribution >= 4 is 0 Å². The van der Waals surface area contributed by atoms with Crippen molar-refractivity contribution in [2.24, 2.45) is 11.7 Å². The Hall–Kier alpha value is -0.760. The monoisotopic (exact) mass is 192 g/mol. The number of hydrogen-bond acceptors (Lipinski definition) is 2. The molecule has 0 saturated carbocycles. The minimum Gasteiger partial charge on any atom is -0.382 e. The van der Waals surface area contributed by atoms with E-state index >= 15 is 0 Å². The lowest BCUT2D eigenvalue weighted by atomic mass is 9.86. The van der Waals surface area contributed by atoms with Gasteiger partial charge in [-0.05, 0) is 43.9 Å².